The van der Waals surface area contributed by atoms with Gasteiger partial charge in [-0.3, -0.25) is 4.79 Å². The lowest BCUT2D eigenvalue weighted by Gasteiger charge is -2.21. The molecule has 0 spiro atoms. The highest BCUT2D eigenvalue weighted by atomic mass is 19.1. The molecule has 0 radical (unpaired) electrons. The van der Waals surface area contributed by atoms with E-state index in [9.17, 15) is 9.18 Å². The molecule has 114 valence electrons. The van der Waals surface area contributed by atoms with Crippen molar-refractivity contribution in [2.24, 2.45) is 0 Å². The molecule has 0 aliphatic carbocycles. The van der Waals surface area contributed by atoms with Gasteiger partial charge in [0, 0.05) is 5.56 Å². The molecule has 0 fully saturated rings. The summed E-state index contributed by atoms with van der Waals surface area (Å²) >= 11 is 0. The van der Waals surface area contributed by atoms with E-state index in [1.165, 1.54) is 24.3 Å². The Balaban J connectivity index is 1.72. The maximum Gasteiger partial charge on any atom is 0.251 e. The van der Waals surface area contributed by atoms with Crippen molar-refractivity contribution >= 4 is 5.91 Å². The Morgan fingerprint density at radius 1 is 1.09 bits per heavy atom. The summed E-state index contributed by atoms with van der Waals surface area (Å²) in [5.74, 6) is 0.789. The van der Waals surface area contributed by atoms with E-state index >= 15 is 0 Å². The van der Waals surface area contributed by atoms with Crippen molar-refractivity contribution in [1.29, 1.82) is 0 Å². The minimum Gasteiger partial charge on any atom is -0.486 e. The van der Waals surface area contributed by atoms with Crippen LogP contribution in [0.25, 0.3) is 0 Å². The van der Waals surface area contributed by atoms with Crippen LogP contribution in [0.1, 0.15) is 28.9 Å². The van der Waals surface area contributed by atoms with Crippen LogP contribution >= 0.6 is 0 Å². The molecule has 0 aromatic heterocycles. The summed E-state index contributed by atoms with van der Waals surface area (Å²) in [6.45, 7) is 2.95. The van der Waals surface area contributed by atoms with Gasteiger partial charge in [0.2, 0.25) is 0 Å². The first-order valence-corrected chi connectivity index (χ1v) is 7.09. The molecule has 0 bridgehead atoms. The van der Waals surface area contributed by atoms with Crippen LogP contribution in [0.2, 0.25) is 0 Å². The van der Waals surface area contributed by atoms with Gasteiger partial charge in [-0.15, -0.1) is 0 Å². The monoisotopic (exact) mass is 301 g/mol. The molecule has 1 N–H and O–H groups in total. The number of carbonyl (C=O) groups is 1. The molecule has 1 unspecified atom stereocenters. The van der Waals surface area contributed by atoms with Crippen molar-refractivity contribution in [3.8, 4) is 11.5 Å². The Morgan fingerprint density at radius 3 is 2.50 bits per heavy atom. The van der Waals surface area contributed by atoms with E-state index in [0.29, 0.717) is 30.3 Å². The molecule has 1 aliphatic rings. The molecule has 2 aromatic rings. The molecule has 22 heavy (non-hydrogen) atoms. The highest BCUT2D eigenvalue weighted by Crippen LogP contribution is 2.32. The fraction of sp³-hybridized carbons (Fsp3) is 0.235. The number of rotatable bonds is 3. The molecule has 1 atom stereocenters. The second-order valence-electron chi connectivity index (χ2n) is 5.11. The quantitative estimate of drug-likeness (QED) is 0.947. The smallest absolute Gasteiger partial charge is 0.251 e. The minimum atomic E-state index is -0.364. The lowest BCUT2D eigenvalue weighted by Crippen LogP contribution is -2.26. The molecule has 0 saturated carbocycles. The minimum absolute atomic E-state index is 0.201. The molecular weight excluding hydrogens is 285 g/mol. The van der Waals surface area contributed by atoms with E-state index in [-0.39, 0.29) is 17.8 Å². The van der Waals surface area contributed by atoms with Gasteiger partial charge in [-0.2, -0.15) is 0 Å². The third-order valence-electron chi connectivity index (χ3n) is 3.52. The zero-order chi connectivity index (χ0) is 15.5. The van der Waals surface area contributed by atoms with Crippen LogP contribution in [0.15, 0.2) is 42.5 Å². The zero-order valence-electron chi connectivity index (χ0n) is 12.1. The van der Waals surface area contributed by atoms with Crippen LogP contribution in [-0.4, -0.2) is 19.1 Å². The van der Waals surface area contributed by atoms with Gasteiger partial charge in [-0.1, -0.05) is 6.07 Å². The molecule has 1 amide bonds. The fourth-order valence-corrected chi connectivity index (χ4v) is 2.29. The van der Waals surface area contributed by atoms with Gasteiger partial charge >= 0.3 is 0 Å². The fourth-order valence-electron chi connectivity index (χ4n) is 2.29. The predicted octanol–water partition coefficient (Wildman–Crippen LogP) is 3.09. The van der Waals surface area contributed by atoms with E-state index in [4.69, 9.17) is 9.47 Å². The van der Waals surface area contributed by atoms with Crippen LogP contribution in [0.3, 0.4) is 0 Å². The Labute approximate surface area is 127 Å². The van der Waals surface area contributed by atoms with Crippen LogP contribution in [-0.2, 0) is 0 Å². The summed E-state index contributed by atoms with van der Waals surface area (Å²) in [6.07, 6.45) is 0. The number of halogens is 1. The van der Waals surface area contributed by atoms with Crippen LogP contribution < -0.4 is 14.8 Å². The number of ether oxygens (including phenoxy) is 2. The van der Waals surface area contributed by atoms with E-state index in [1.54, 1.807) is 0 Å². The van der Waals surface area contributed by atoms with Gasteiger partial charge in [0.1, 0.15) is 19.0 Å². The lowest BCUT2D eigenvalue weighted by atomic mass is 10.1. The maximum absolute atomic E-state index is 12.9. The van der Waals surface area contributed by atoms with E-state index in [0.717, 1.165) is 5.56 Å². The maximum atomic E-state index is 12.9. The molecule has 4 nitrogen and oxygen atoms in total. The predicted molar refractivity (Wildman–Crippen MR) is 79.7 cm³/mol. The van der Waals surface area contributed by atoms with E-state index in [1.807, 2.05) is 25.1 Å². The molecule has 0 saturated heterocycles. The van der Waals surface area contributed by atoms with E-state index < -0.39 is 0 Å². The summed E-state index contributed by atoms with van der Waals surface area (Å²) in [4.78, 5) is 12.1. The highest BCUT2D eigenvalue weighted by Gasteiger charge is 2.16. The Kier molecular flexibility index (Phi) is 3.96. The van der Waals surface area contributed by atoms with E-state index in [2.05, 4.69) is 5.32 Å². The average molecular weight is 301 g/mol. The van der Waals surface area contributed by atoms with Gasteiger partial charge in [0.05, 0.1) is 6.04 Å². The first-order valence-electron chi connectivity index (χ1n) is 7.09. The highest BCUT2D eigenvalue weighted by molar-refractivity contribution is 5.94. The van der Waals surface area contributed by atoms with Gasteiger partial charge in [0.15, 0.2) is 11.5 Å². The van der Waals surface area contributed by atoms with Crippen LogP contribution in [0.5, 0.6) is 11.5 Å². The number of fused-ring (bicyclic) bond motifs is 1. The summed E-state index contributed by atoms with van der Waals surface area (Å²) in [6, 6.07) is 10.8. The number of amides is 1. The summed E-state index contributed by atoms with van der Waals surface area (Å²) in [7, 11) is 0. The summed E-state index contributed by atoms with van der Waals surface area (Å²) < 4.78 is 23.9. The summed E-state index contributed by atoms with van der Waals surface area (Å²) in [5, 5.41) is 2.88. The molecule has 5 heteroatoms. The molecule has 1 heterocycles. The SMILES string of the molecule is CC(NC(=O)c1ccc(F)cc1)c1ccc2c(c1)OCCO2. The van der Waals surface area contributed by atoms with Gasteiger partial charge in [-0.05, 0) is 48.9 Å². The van der Waals surface area contributed by atoms with Crippen molar-refractivity contribution in [2.45, 2.75) is 13.0 Å². The topological polar surface area (TPSA) is 47.6 Å². The third kappa shape index (κ3) is 3.03. The molecular formula is C17H16FNO3. The standard InChI is InChI=1S/C17H16FNO3/c1-11(19-17(20)12-2-5-14(18)6-3-12)13-4-7-15-16(10-13)22-9-8-21-15/h2-7,10-11H,8-9H2,1H3,(H,19,20). The molecule has 2 aromatic carbocycles. The Morgan fingerprint density at radius 2 is 1.77 bits per heavy atom. The van der Waals surface area contributed by atoms with Gasteiger partial charge in [0.25, 0.3) is 5.91 Å². The second kappa shape index (κ2) is 6.05. The van der Waals surface area contributed by atoms with Gasteiger partial charge < -0.3 is 14.8 Å². The second-order valence-corrected chi connectivity index (χ2v) is 5.11. The number of nitrogens with one attached hydrogen (secondary N) is 1. The summed E-state index contributed by atoms with van der Waals surface area (Å²) in [5.41, 5.74) is 1.34. The number of hydrogen-bond donors (Lipinski definition) is 1. The Bertz CT molecular complexity index is 685. The number of carbonyl (C=O) groups excluding carboxylic acids is 1. The van der Waals surface area contributed by atoms with Crippen molar-refractivity contribution in [3.05, 3.63) is 59.4 Å². The first kappa shape index (κ1) is 14.4. The van der Waals surface area contributed by atoms with Crippen molar-refractivity contribution < 1.29 is 18.7 Å². The average Bonchev–Trinajstić information content (AvgIpc) is 2.55. The number of benzene rings is 2. The normalized spacial score (nSPS) is 14.3. The van der Waals surface area contributed by atoms with Gasteiger partial charge in [-0.25, -0.2) is 4.39 Å². The van der Waals surface area contributed by atoms with Crippen LogP contribution in [0.4, 0.5) is 4.39 Å². The van der Waals surface area contributed by atoms with Crippen molar-refractivity contribution in [2.75, 3.05) is 13.2 Å². The van der Waals surface area contributed by atoms with Crippen molar-refractivity contribution in [1.82, 2.24) is 5.32 Å². The number of hydrogen-bond acceptors (Lipinski definition) is 3. The molecule has 1 aliphatic heterocycles. The Hall–Kier alpha value is -2.56. The first-order chi connectivity index (χ1) is 10.6. The van der Waals surface area contributed by atoms with Crippen molar-refractivity contribution in [3.63, 3.8) is 0 Å². The third-order valence-corrected chi connectivity index (χ3v) is 3.52. The zero-order valence-corrected chi connectivity index (χ0v) is 12.1. The lowest BCUT2D eigenvalue weighted by molar-refractivity contribution is 0.0939. The largest absolute Gasteiger partial charge is 0.486 e. The molecule has 3 rings (SSSR count). The van der Waals surface area contributed by atoms with Crippen LogP contribution in [0, 0.1) is 5.82 Å².